The highest BCUT2D eigenvalue weighted by Gasteiger charge is 2.14. The predicted molar refractivity (Wildman–Crippen MR) is 90.2 cm³/mol. The Bertz CT molecular complexity index is 817. The zero-order chi connectivity index (χ0) is 16.4. The average molecular weight is 313 g/mol. The fraction of sp³-hybridized carbons (Fsp3) is 0.235. The minimum atomic E-state index is 0.559. The van der Waals surface area contributed by atoms with Gasteiger partial charge in [0.1, 0.15) is 0 Å². The van der Waals surface area contributed by atoms with Gasteiger partial charge in [0.2, 0.25) is 5.75 Å². The Hall–Kier alpha value is -2.89. The summed E-state index contributed by atoms with van der Waals surface area (Å²) >= 11 is 0. The number of rotatable bonds is 5. The minimum Gasteiger partial charge on any atom is -0.493 e. The summed E-state index contributed by atoms with van der Waals surface area (Å²) in [5.74, 6) is 2.48. The summed E-state index contributed by atoms with van der Waals surface area (Å²) in [5.41, 5.74) is 2.96. The van der Waals surface area contributed by atoms with Crippen LogP contribution in [0.2, 0.25) is 0 Å². The lowest BCUT2D eigenvalue weighted by atomic mass is 10.1. The Morgan fingerprint density at radius 3 is 2.30 bits per heavy atom. The third kappa shape index (κ3) is 2.63. The molecular weight excluding hydrogens is 294 g/mol. The van der Waals surface area contributed by atoms with Crippen LogP contribution in [-0.4, -0.2) is 31.5 Å². The molecule has 120 valence electrons. The van der Waals surface area contributed by atoms with Crippen LogP contribution in [0.1, 0.15) is 5.56 Å². The molecule has 0 fully saturated rings. The molecule has 6 nitrogen and oxygen atoms in total. The van der Waals surface area contributed by atoms with E-state index >= 15 is 0 Å². The van der Waals surface area contributed by atoms with E-state index in [1.165, 1.54) is 0 Å². The molecule has 2 N–H and O–H groups in total. The number of H-pyrrole nitrogens is 1. The number of ether oxygens (including phenoxy) is 3. The van der Waals surface area contributed by atoms with Crippen LogP contribution in [0.3, 0.4) is 0 Å². The molecule has 0 atom stereocenters. The van der Waals surface area contributed by atoms with Crippen LogP contribution in [0.5, 0.6) is 17.2 Å². The Labute approximate surface area is 134 Å². The molecule has 3 aromatic rings. The summed E-state index contributed by atoms with van der Waals surface area (Å²) in [7, 11) is 4.76. The van der Waals surface area contributed by atoms with E-state index in [9.17, 15) is 0 Å². The number of hydrogen-bond donors (Lipinski definition) is 2. The third-order valence-electron chi connectivity index (χ3n) is 3.73. The summed E-state index contributed by atoms with van der Waals surface area (Å²) < 4.78 is 16.1. The molecule has 0 spiro atoms. The van der Waals surface area contributed by atoms with Crippen molar-refractivity contribution < 1.29 is 14.2 Å². The van der Waals surface area contributed by atoms with Crippen molar-refractivity contribution in [1.82, 2.24) is 10.2 Å². The van der Waals surface area contributed by atoms with Crippen molar-refractivity contribution in [3.63, 3.8) is 0 Å². The molecule has 0 aliphatic carbocycles. The molecule has 0 unspecified atom stereocenters. The number of aryl methyl sites for hydroxylation is 1. The zero-order valence-corrected chi connectivity index (χ0v) is 13.6. The Balaban J connectivity index is 2.03. The second-order valence-electron chi connectivity index (χ2n) is 5.11. The lowest BCUT2D eigenvalue weighted by Crippen LogP contribution is -1.98. The third-order valence-corrected chi connectivity index (χ3v) is 3.73. The van der Waals surface area contributed by atoms with E-state index in [-0.39, 0.29) is 0 Å². The fourth-order valence-electron chi connectivity index (χ4n) is 2.57. The first-order valence-corrected chi connectivity index (χ1v) is 7.18. The first kappa shape index (κ1) is 15.0. The summed E-state index contributed by atoms with van der Waals surface area (Å²) in [4.78, 5) is 0. The standard InChI is InChI=1S/C17H19N3O3/c1-10-6-5-7-12-15(10)19-20-17(12)18-11-8-13(21-2)16(23-4)14(9-11)22-3/h5-9H,1-4H3,(H2,18,19,20). The van der Waals surface area contributed by atoms with E-state index in [1.54, 1.807) is 21.3 Å². The Kier molecular flexibility index (Phi) is 3.97. The summed E-state index contributed by atoms with van der Waals surface area (Å²) in [6.07, 6.45) is 0. The number of aromatic amines is 1. The number of hydrogen-bond acceptors (Lipinski definition) is 5. The van der Waals surface area contributed by atoms with Crippen molar-refractivity contribution in [3.8, 4) is 17.2 Å². The van der Waals surface area contributed by atoms with Crippen LogP contribution in [-0.2, 0) is 0 Å². The van der Waals surface area contributed by atoms with Gasteiger partial charge >= 0.3 is 0 Å². The van der Waals surface area contributed by atoms with E-state index < -0.39 is 0 Å². The largest absolute Gasteiger partial charge is 0.493 e. The molecule has 6 heteroatoms. The average Bonchev–Trinajstić information content (AvgIpc) is 2.98. The first-order valence-electron chi connectivity index (χ1n) is 7.18. The molecule has 0 radical (unpaired) electrons. The predicted octanol–water partition coefficient (Wildman–Crippen LogP) is 3.64. The van der Waals surface area contributed by atoms with Gasteiger partial charge in [-0.2, -0.15) is 5.10 Å². The minimum absolute atomic E-state index is 0.559. The van der Waals surface area contributed by atoms with Crippen molar-refractivity contribution in [2.75, 3.05) is 26.6 Å². The smallest absolute Gasteiger partial charge is 0.203 e. The molecule has 2 aromatic carbocycles. The van der Waals surface area contributed by atoms with Crippen LogP contribution in [0.4, 0.5) is 11.5 Å². The highest BCUT2D eigenvalue weighted by Crippen LogP contribution is 2.41. The molecule has 0 saturated heterocycles. The van der Waals surface area contributed by atoms with Crippen molar-refractivity contribution in [2.24, 2.45) is 0 Å². The lowest BCUT2D eigenvalue weighted by molar-refractivity contribution is 0.324. The quantitative estimate of drug-likeness (QED) is 0.752. The van der Waals surface area contributed by atoms with Gasteiger partial charge in [0.25, 0.3) is 0 Å². The van der Waals surface area contributed by atoms with Crippen LogP contribution in [0, 0.1) is 6.92 Å². The highest BCUT2D eigenvalue weighted by atomic mass is 16.5. The van der Waals surface area contributed by atoms with Gasteiger partial charge in [-0.05, 0) is 18.6 Å². The maximum Gasteiger partial charge on any atom is 0.203 e. The fourth-order valence-corrected chi connectivity index (χ4v) is 2.57. The van der Waals surface area contributed by atoms with Gasteiger partial charge in [0.15, 0.2) is 17.3 Å². The van der Waals surface area contributed by atoms with Crippen molar-refractivity contribution in [3.05, 3.63) is 35.9 Å². The molecule has 0 aliphatic rings. The second-order valence-corrected chi connectivity index (χ2v) is 5.11. The number of nitrogens with one attached hydrogen (secondary N) is 2. The molecule has 0 saturated carbocycles. The first-order chi connectivity index (χ1) is 11.2. The molecular formula is C17H19N3O3. The highest BCUT2D eigenvalue weighted by molar-refractivity contribution is 5.93. The molecule has 3 rings (SSSR count). The van der Waals surface area contributed by atoms with E-state index in [4.69, 9.17) is 14.2 Å². The van der Waals surface area contributed by atoms with Gasteiger partial charge in [-0.25, -0.2) is 0 Å². The number of aromatic nitrogens is 2. The van der Waals surface area contributed by atoms with Gasteiger partial charge in [-0.1, -0.05) is 12.1 Å². The molecule has 1 aromatic heterocycles. The van der Waals surface area contributed by atoms with Crippen LogP contribution < -0.4 is 19.5 Å². The second kappa shape index (κ2) is 6.08. The topological polar surface area (TPSA) is 68.4 Å². The Morgan fingerprint density at radius 1 is 1.00 bits per heavy atom. The van der Waals surface area contributed by atoms with Gasteiger partial charge in [-0.15, -0.1) is 0 Å². The normalized spacial score (nSPS) is 10.6. The van der Waals surface area contributed by atoms with Crippen LogP contribution in [0.15, 0.2) is 30.3 Å². The number of methoxy groups -OCH3 is 3. The van der Waals surface area contributed by atoms with Gasteiger partial charge in [-0.3, -0.25) is 5.10 Å². The van der Waals surface area contributed by atoms with Crippen molar-refractivity contribution >= 4 is 22.4 Å². The maximum absolute atomic E-state index is 5.37. The molecule has 0 aliphatic heterocycles. The molecule has 23 heavy (non-hydrogen) atoms. The monoisotopic (exact) mass is 313 g/mol. The number of para-hydroxylation sites is 1. The van der Waals surface area contributed by atoms with Crippen molar-refractivity contribution in [1.29, 1.82) is 0 Å². The summed E-state index contributed by atoms with van der Waals surface area (Å²) in [6, 6.07) is 9.76. The lowest BCUT2D eigenvalue weighted by Gasteiger charge is -2.14. The van der Waals surface area contributed by atoms with E-state index in [0.717, 1.165) is 28.0 Å². The number of anilines is 2. The van der Waals surface area contributed by atoms with Gasteiger partial charge in [0, 0.05) is 23.2 Å². The summed E-state index contributed by atoms with van der Waals surface area (Å²) in [5, 5.41) is 11.7. The van der Waals surface area contributed by atoms with Gasteiger partial charge < -0.3 is 19.5 Å². The number of benzene rings is 2. The van der Waals surface area contributed by atoms with E-state index in [2.05, 4.69) is 15.5 Å². The molecule has 1 heterocycles. The van der Waals surface area contributed by atoms with E-state index in [0.29, 0.717) is 17.2 Å². The number of fused-ring (bicyclic) bond motifs is 1. The number of nitrogens with zero attached hydrogens (tertiary/aromatic N) is 1. The van der Waals surface area contributed by atoms with Crippen molar-refractivity contribution in [2.45, 2.75) is 6.92 Å². The maximum atomic E-state index is 5.37. The summed E-state index contributed by atoms with van der Waals surface area (Å²) in [6.45, 7) is 2.05. The molecule has 0 bridgehead atoms. The van der Waals surface area contributed by atoms with Gasteiger partial charge in [0.05, 0.1) is 26.8 Å². The zero-order valence-electron chi connectivity index (χ0n) is 13.6. The SMILES string of the molecule is COc1cc(Nc2n[nH]c3c(C)cccc23)cc(OC)c1OC. The van der Waals surface area contributed by atoms with Crippen LogP contribution >= 0.6 is 0 Å². The Morgan fingerprint density at radius 2 is 1.70 bits per heavy atom. The van der Waals surface area contributed by atoms with Crippen LogP contribution in [0.25, 0.3) is 10.9 Å². The molecule has 0 amide bonds. The van der Waals surface area contributed by atoms with E-state index in [1.807, 2.05) is 37.3 Å².